The monoisotopic (exact) mass is 648 g/mol. The van der Waals surface area contributed by atoms with Gasteiger partial charge in [-0.2, -0.15) is 0 Å². The van der Waals surface area contributed by atoms with Crippen molar-refractivity contribution in [3.05, 3.63) is 108 Å². The largest absolute Gasteiger partial charge is 0.508 e. The predicted molar refractivity (Wildman–Crippen MR) is 160 cm³/mol. The lowest BCUT2D eigenvalue weighted by atomic mass is 9.90. The lowest BCUT2D eigenvalue weighted by molar-refractivity contribution is -0.276. The summed E-state index contributed by atoms with van der Waals surface area (Å²) in [6.07, 6.45) is -5.26. The molecule has 47 heavy (non-hydrogen) atoms. The van der Waals surface area contributed by atoms with Crippen molar-refractivity contribution in [1.29, 1.82) is 0 Å². The van der Waals surface area contributed by atoms with Gasteiger partial charge in [0.25, 0.3) is 0 Å². The maximum Gasteiger partial charge on any atom is 0.350 e. The van der Waals surface area contributed by atoms with Crippen LogP contribution in [0.4, 0.5) is 0 Å². The van der Waals surface area contributed by atoms with Crippen molar-refractivity contribution < 1.29 is 63.3 Å². The smallest absolute Gasteiger partial charge is 0.350 e. The van der Waals surface area contributed by atoms with Crippen molar-refractivity contribution in [3.8, 4) is 11.5 Å². The summed E-state index contributed by atoms with van der Waals surface area (Å²) in [6, 6.07) is 19.6. The van der Waals surface area contributed by atoms with Crippen molar-refractivity contribution in [2.24, 2.45) is 0 Å². The zero-order valence-corrected chi connectivity index (χ0v) is 24.8. The van der Waals surface area contributed by atoms with E-state index in [4.69, 9.17) is 23.7 Å². The molecule has 0 saturated carbocycles. The minimum absolute atomic E-state index is 0.0404. The summed E-state index contributed by atoms with van der Waals surface area (Å²) in [6.45, 7) is -1.11. The van der Waals surface area contributed by atoms with Crippen LogP contribution in [0.1, 0.15) is 39.1 Å². The number of esters is 3. The third kappa shape index (κ3) is 7.67. The highest BCUT2D eigenvalue weighted by Gasteiger charge is 2.49. The number of aliphatic hydroxyl groups is 3. The summed E-state index contributed by atoms with van der Waals surface area (Å²) in [5.74, 6) is -3.90. The van der Waals surface area contributed by atoms with E-state index in [9.17, 15) is 39.6 Å². The molecule has 4 N–H and O–H groups in total. The van der Waals surface area contributed by atoms with Gasteiger partial charge in [-0.1, -0.05) is 42.5 Å². The van der Waals surface area contributed by atoms with E-state index in [0.29, 0.717) is 6.42 Å². The number of Topliss-reactive ketones (excluding diaryl/α,β-unsaturated/α-hetero) is 1. The van der Waals surface area contributed by atoms with Crippen LogP contribution in [-0.2, 0) is 35.1 Å². The molecular weight excluding hydrogens is 616 g/mol. The van der Waals surface area contributed by atoms with E-state index < -0.39 is 73.2 Å². The van der Waals surface area contributed by atoms with Crippen LogP contribution in [0.15, 0.2) is 91.0 Å². The lowest BCUT2D eigenvalue weighted by Gasteiger charge is -2.41. The van der Waals surface area contributed by atoms with E-state index in [1.54, 1.807) is 36.4 Å². The number of carbonyl (C=O) groups excluding carboxylic acids is 4. The predicted octanol–water partition coefficient (Wildman–Crippen LogP) is 1.99. The average Bonchev–Trinajstić information content (AvgIpc) is 3.09. The summed E-state index contributed by atoms with van der Waals surface area (Å²) in [4.78, 5) is 50.5. The molecule has 1 fully saturated rings. The number of rotatable bonds is 10. The average molecular weight is 649 g/mol. The van der Waals surface area contributed by atoms with E-state index in [0.717, 1.165) is 6.08 Å². The Morgan fingerprint density at radius 2 is 1.53 bits per heavy atom. The van der Waals surface area contributed by atoms with Gasteiger partial charge >= 0.3 is 17.9 Å². The molecule has 13 heteroatoms. The van der Waals surface area contributed by atoms with Crippen LogP contribution in [0.5, 0.6) is 11.5 Å². The quantitative estimate of drug-likeness (QED) is 0.108. The summed E-state index contributed by atoms with van der Waals surface area (Å²) >= 11 is 0. The fourth-order valence-corrected chi connectivity index (χ4v) is 4.95. The molecular formula is C34H32O13. The highest BCUT2D eigenvalue weighted by molar-refractivity contribution is 6.09. The first-order valence-electron chi connectivity index (χ1n) is 14.7. The molecule has 0 aromatic heterocycles. The number of carbonyl (C=O) groups is 4. The number of aromatic hydroxyl groups is 1. The van der Waals surface area contributed by atoms with Gasteiger partial charge in [0, 0.05) is 12.0 Å². The Morgan fingerprint density at radius 3 is 2.19 bits per heavy atom. The molecule has 1 aliphatic heterocycles. The van der Waals surface area contributed by atoms with Gasteiger partial charge in [0.05, 0.1) is 11.1 Å². The standard InChI is InChI=1S/C34H32O13/c35-23-14-15-24(22(17-23)18-44-33(41)34(42)16-8-7-13-26(34)36)45-32-29(47-31(40)21-11-5-2-6-12-21)28(38)27(37)25(46-32)19-43-30(39)20-9-3-1-4-10-20/h1-6,8-12,14-17,25,27-29,32,35,37-38,42H,7,13,18-19H2/t25-,27-,28+,29-,32-,34-/m1/s1. The second-order valence-corrected chi connectivity index (χ2v) is 10.8. The Kier molecular flexibility index (Phi) is 10.3. The molecule has 3 aromatic rings. The van der Waals surface area contributed by atoms with Gasteiger partial charge in [0.15, 0.2) is 11.9 Å². The summed E-state index contributed by atoms with van der Waals surface area (Å²) in [5, 5.41) is 42.8. The van der Waals surface area contributed by atoms with Gasteiger partial charge in [-0.05, 0) is 55.0 Å². The fourth-order valence-electron chi connectivity index (χ4n) is 4.95. The zero-order valence-electron chi connectivity index (χ0n) is 24.8. The first-order valence-corrected chi connectivity index (χ1v) is 14.7. The van der Waals surface area contributed by atoms with Crippen LogP contribution < -0.4 is 4.74 Å². The van der Waals surface area contributed by atoms with Crippen molar-refractivity contribution >= 4 is 23.7 Å². The van der Waals surface area contributed by atoms with Crippen molar-refractivity contribution in [1.82, 2.24) is 0 Å². The molecule has 0 amide bonds. The van der Waals surface area contributed by atoms with Crippen molar-refractivity contribution in [2.75, 3.05) is 6.61 Å². The van der Waals surface area contributed by atoms with E-state index in [-0.39, 0.29) is 34.6 Å². The van der Waals surface area contributed by atoms with Gasteiger partial charge in [-0.25, -0.2) is 14.4 Å². The van der Waals surface area contributed by atoms with Crippen LogP contribution >= 0.6 is 0 Å². The molecule has 6 atom stereocenters. The molecule has 0 radical (unpaired) electrons. The third-order valence-corrected chi connectivity index (χ3v) is 7.56. The highest BCUT2D eigenvalue weighted by atomic mass is 16.7. The third-order valence-electron chi connectivity index (χ3n) is 7.56. The first kappa shape index (κ1) is 33.3. The maximum atomic E-state index is 13.0. The first-order chi connectivity index (χ1) is 22.6. The summed E-state index contributed by atoms with van der Waals surface area (Å²) in [5.41, 5.74) is -2.06. The summed E-state index contributed by atoms with van der Waals surface area (Å²) < 4.78 is 27.9. The van der Waals surface area contributed by atoms with Crippen LogP contribution in [0.3, 0.4) is 0 Å². The topological polar surface area (TPSA) is 195 Å². The number of phenolic OH excluding ortho intramolecular Hbond substituents is 1. The van der Waals surface area contributed by atoms with Crippen molar-refractivity contribution in [3.63, 3.8) is 0 Å². The Morgan fingerprint density at radius 1 is 0.872 bits per heavy atom. The minimum atomic E-state index is -2.47. The minimum Gasteiger partial charge on any atom is -0.508 e. The highest BCUT2D eigenvalue weighted by Crippen LogP contribution is 2.32. The number of ketones is 1. The Balaban J connectivity index is 1.37. The van der Waals surface area contributed by atoms with E-state index in [1.165, 1.54) is 48.5 Å². The number of hydrogen-bond acceptors (Lipinski definition) is 13. The number of hydrogen-bond donors (Lipinski definition) is 4. The summed E-state index contributed by atoms with van der Waals surface area (Å²) in [7, 11) is 0. The van der Waals surface area contributed by atoms with Gasteiger partial charge in [0.1, 0.15) is 43.0 Å². The van der Waals surface area contributed by atoms with Gasteiger partial charge < -0.3 is 44.1 Å². The molecule has 13 nitrogen and oxygen atoms in total. The molecule has 2 aliphatic rings. The van der Waals surface area contributed by atoms with E-state index in [2.05, 4.69) is 0 Å². The number of aliphatic hydroxyl groups excluding tert-OH is 2. The SMILES string of the molecule is O=C(OC[C@H]1O[C@@H](Oc2ccc(O)cc2COC(=O)[C@@]2(O)C=CCCC2=O)[C@H](OC(=O)c2ccccc2)[C@@H](O)[C@@H]1O)c1ccccc1. The molecule has 0 bridgehead atoms. The van der Waals surface area contributed by atoms with Crippen LogP contribution in [0.2, 0.25) is 0 Å². The van der Waals surface area contributed by atoms with Crippen molar-refractivity contribution in [2.45, 2.75) is 55.8 Å². The molecule has 0 spiro atoms. The van der Waals surface area contributed by atoms with Gasteiger partial charge in [-0.3, -0.25) is 4.79 Å². The zero-order chi connectivity index (χ0) is 33.6. The molecule has 1 aliphatic carbocycles. The molecule has 246 valence electrons. The molecule has 1 saturated heterocycles. The molecule has 1 heterocycles. The second-order valence-electron chi connectivity index (χ2n) is 10.8. The number of phenols is 1. The molecule has 3 aromatic carbocycles. The Bertz CT molecular complexity index is 1620. The van der Waals surface area contributed by atoms with Crippen LogP contribution in [0, 0.1) is 0 Å². The van der Waals surface area contributed by atoms with E-state index >= 15 is 0 Å². The van der Waals surface area contributed by atoms with Crippen LogP contribution in [0.25, 0.3) is 0 Å². The second kappa shape index (κ2) is 14.6. The number of benzene rings is 3. The fraction of sp³-hybridized carbons (Fsp3) is 0.294. The normalized spacial score (nSPS) is 25.4. The molecule has 0 unspecified atom stereocenters. The van der Waals surface area contributed by atoms with Gasteiger partial charge in [-0.15, -0.1) is 0 Å². The van der Waals surface area contributed by atoms with Gasteiger partial charge in [0.2, 0.25) is 11.9 Å². The number of allylic oxidation sites excluding steroid dienone is 1. The molecule has 5 rings (SSSR count). The van der Waals surface area contributed by atoms with Crippen LogP contribution in [-0.4, -0.2) is 87.0 Å². The lowest BCUT2D eigenvalue weighted by Crippen LogP contribution is -2.61. The Hall–Kier alpha value is -5.08. The Labute approximate surface area is 268 Å². The van der Waals surface area contributed by atoms with E-state index in [1.807, 2.05) is 0 Å². The number of ether oxygens (including phenoxy) is 5. The maximum absolute atomic E-state index is 13.0.